The maximum atomic E-state index is 12.0. The molecule has 0 spiro atoms. The molecule has 0 unspecified atom stereocenters. The molecule has 0 heterocycles. The average Bonchev–Trinajstić information content (AvgIpc) is 2.68. The lowest BCUT2D eigenvalue weighted by molar-refractivity contribution is 0.0955. The van der Waals surface area contributed by atoms with Crippen molar-refractivity contribution in [2.24, 2.45) is 5.10 Å². The molecule has 0 aliphatic heterocycles. The first kappa shape index (κ1) is 17.4. The number of carbonyl (C=O) groups excluding carboxylic acids is 1. The summed E-state index contributed by atoms with van der Waals surface area (Å²) in [7, 11) is 0. The third kappa shape index (κ3) is 5.05. The van der Waals surface area contributed by atoms with Gasteiger partial charge < -0.3 is 4.74 Å². The number of benzene rings is 3. The number of rotatable bonds is 6. The van der Waals surface area contributed by atoms with E-state index >= 15 is 0 Å². The van der Waals surface area contributed by atoms with Crippen molar-refractivity contribution in [3.8, 4) is 5.75 Å². The molecule has 0 saturated carbocycles. The van der Waals surface area contributed by atoms with Crippen LogP contribution in [0.15, 0.2) is 84.0 Å². The van der Waals surface area contributed by atoms with Crippen molar-refractivity contribution in [1.82, 2.24) is 5.43 Å². The number of nitrogens with one attached hydrogen (secondary N) is 1. The van der Waals surface area contributed by atoms with Crippen LogP contribution in [0.3, 0.4) is 0 Å². The molecular formula is C22H20N2O2. The smallest absolute Gasteiger partial charge is 0.271 e. The molecule has 26 heavy (non-hydrogen) atoms. The summed E-state index contributed by atoms with van der Waals surface area (Å²) >= 11 is 0. The molecule has 0 radical (unpaired) electrons. The number of hydrogen-bond donors (Lipinski definition) is 1. The van der Waals surface area contributed by atoms with Gasteiger partial charge >= 0.3 is 0 Å². The van der Waals surface area contributed by atoms with Crippen LogP contribution in [0.4, 0.5) is 0 Å². The zero-order valence-electron chi connectivity index (χ0n) is 14.6. The second-order valence-electron chi connectivity index (χ2n) is 5.91. The molecule has 0 aliphatic carbocycles. The Hall–Kier alpha value is -3.40. The SMILES string of the molecule is Cc1ccc(C(=O)N/N=C/c2ccc(OCc3ccccc3)cc2)cc1. The van der Waals surface area contributed by atoms with E-state index in [-0.39, 0.29) is 5.91 Å². The van der Waals surface area contributed by atoms with Crippen LogP contribution < -0.4 is 10.2 Å². The average molecular weight is 344 g/mol. The van der Waals surface area contributed by atoms with Gasteiger partial charge in [-0.3, -0.25) is 4.79 Å². The Labute approximate surface area is 153 Å². The third-order valence-corrected chi connectivity index (χ3v) is 3.82. The molecule has 0 saturated heterocycles. The summed E-state index contributed by atoms with van der Waals surface area (Å²) in [6.07, 6.45) is 1.60. The molecule has 0 aliphatic rings. The second-order valence-corrected chi connectivity index (χ2v) is 5.91. The van der Waals surface area contributed by atoms with Crippen molar-refractivity contribution >= 4 is 12.1 Å². The van der Waals surface area contributed by atoms with Crippen molar-refractivity contribution in [3.05, 3.63) is 101 Å². The van der Waals surface area contributed by atoms with Gasteiger partial charge in [-0.1, -0.05) is 48.0 Å². The molecule has 0 aromatic heterocycles. The molecule has 4 heteroatoms. The van der Waals surface area contributed by atoms with Gasteiger partial charge in [-0.05, 0) is 54.4 Å². The minimum absolute atomic E-state index is 0.232. The van der Waals surface area contributed by atoms with Gasteiger partial charge in [-0.25, -0.2) is 5.43 Å². The van der Waals surface area contributed by atoms with Crippen LogP contribution in [0.5, 0.6) is 5.75 Å². The maximum absolute atomic E-state index is 12.0. The van der Waals surface area contributed by atoms with E-state index in [1.807, 2.05) is 73.7 Å². The first-order chi connectivity index (χ1) is 12.7. The van der Waals surface area contributed by atoms with E-state index < -0.39 is 0 Å². The molecule has 0 fully saturated rings. The van der Waals surface area contributed by atoms with Gasteiger partial charge in [0, 0.05) is 5.56 Å². The Morgan fingerprint density at radius 1 is 0.962 bits per heavy atom. The maximum Gasteiger partial charge on any atom is 0.271 e. The van der Waals surface area contributed by atoms with E-state index in [1.165, 1.54) is 0 Å². The molecule has 3 aromatic rings. The van der Waals surface area contributed by atoms with Gasteiger partial charge in [0.25, 0.3) is 5.91 Å². The van der Waals surface area contributed by atoms with Gasteiger partial charge in [-0.15, -0.1) is 0 Å². The van der Waals surface area contributed by atoms with Crippen LogP contribution in [0.2, 0.25) is 0 Å². The molecule has 1 N–H and O–H groups in total. The molecule has 1 amide bonds. The van der Waals surface area contributed by atoms with Gasteiger partial charge in [0.05, 0.1) is 6.21 Å². The Bertz CT molecular complexity index is 870. The Balaban J connectivity index is 1.51. The van der Waals surface area contributed by atoms with E-state index in [4.69, 9.17) is 4.74 Å². The number of nitrogens with zero attached hydrogens (tertiary/aromatic N) is 1. The molecule has 4 nitrogen and oxygen atoms in total. The minimum atomic E-state index is -0.232. The largest absolute Gasteiger partial charge is 0.489 e. The summed E-state index contributed by atoms with van der Waals surface area (Å²) in [6.45, 7) is 2.51. The van der Waals surface area contributed by atoms with E-state index in [0.29, 0.717) is 12.2 Å². The van der Waals surface area contributed by atoms with Gasteiger partial charge in [0.2, 0.25) is 0 Å². The summed E-state index contributed by atoms with van der Waals surface area (Å²) in [5.74, 6) is 0.554. The fraction of sp³-hybridized carbons (Fsp3) is 0.0909. The van der Waals surface area contributed by atoms with Gasteiger partial charge in [0.15, 0.2) is 0 Å². The highest BCUT2D eigenvalue weighted by molar-refractivity contribution is 5.94. The number of aryl methyl sites for hydroxylation is 1. The lowest BCUT2D eigenvalue weighted by Crippen LogP contribution is -2.17. The zero-order valence-corrected chi connectivity index (χ0v) is 14.6. The molecule has 130 valence electrons. The predicted octanol–water partition coefficient (Wildman–Crippen LogP) is 4.34. The number of carbonyl (C=O) groups is 1. The van der Waals surface area contributed by atoms with Gasteiger partial charge in [-0.2, -0.15) is 5.10 Å². The normalized spacial score (nSPS) is 10.7. The highest BCUT2D eigenvalue weighted by Crippen LogP contribution is 2.13. The molecule has 3 rings (SSSR count). The van der Waals surface area contributed by atoms with Gasteiger partial charge in [0.1, 0.15) is 12.4 Å². The molecule has 0 atom stereocenters. The van der Waals surface area contributed by atoms with E-state index in [2.05, 4.69) is 10.5 Å². The molecular weight excluding hydrogens is 324 g/mol. The highest BCUT2D eigenvalue weighted by atomic mass is 16.5. The van der Waals surface area contributed by atoms with Crippen molar-refractivity contribution in [2.45, 2.75) is 13.5 Å². The topological polar surface area (TPSA) is 50.7 Å². The number of amides is 1. The predicted molar refractivity (Wildman–Crippen MR) is 103 cm³/mol. The summed E-state index contributed by atoms with van der Waals surface area (Å²) in [4.78, 5) is 12.0. The van der Waals surface area contributed by atoms with Crippen LogP contribution >= 0.6 is 0 Å². The van der Waals surface area contributed by atoms with Crippen molar-refractivity contribution in [3.63, 3.8) is 0 Å². The monoisotopic (exact) mass is 344 g/mol. The fourth-order valence-electron chi connectivity index (χ4n) is 2.33. The summed E-state index contributed by atoms with van der Waals surface area (Å²) in [6, 6.07) is 24.9. The quantitative estimate of drug-likeness (QED) is 0.534. The van der Waals surface area contributed by atoms with E-state index in [9.17, 15) is 4.79 Å². The van der Waals surface area contributed by atoms with E-state index in [1.54, 1.807) is 18.3 Å². The summed E-state index contributed by atoms with van der Waals surface area (Å²) in [5.41, 5.74) is 6.22. The molecule has 3 aromatic carbocycles. The van der Waals surface area contributed by atoms with Crippen LogP contribution in [0.1, 0.15) is 27.0 Å². The van der Waals surface area contributed by atoms with E-state index in [0.717, 1.165) is 22.4 Å². The number of hydrogen-bond acceptors (Lipinski definition) is 3. The Kier molecular flexibility index (Phi) is 5.78. The van der Waals surface area contributed by atoms with Crippen molar-refractivity contribution in [2.75, 3.05) is 0 Å². The zero-order chi connectivity index (χ0) is 18.2. The fourth-order valence-corrected chi connectivity index (χ4v) is 2.33. The van der Waals surface area contributed by atoms with Crippen LogP contribution in [-0.2, 0) is 6.61 Å². The number of hydrazone groups is 1. The summed E-state index contributed by atoms with van der Waals surface area (Å²) in [5, 5.41) is 4.00. The number of ether oxygens (including phenoxy) is 1. The van der Waals surface area contributed by atoms with Crippen molar-refractivity contribution in [1.29, 1.82) is 0 Å². The molecule has 0 bridgehead atoms. The van der Waals surface area contributed by atoms with Crippen molar-refractivity contribution < 1.29 is 9.53 Å². The Morgan fingerprint density at radius 2 is 1.65 bits per heavy atom. The second kappa shape index (κ2) is 8.62. The minimum Gasteiger partial charge on any atom is -0.489 e. The third-order valence-electron chi connectivity index (χ3n) is 3.82. The highest BCUT2D eigenvalue weighted by Gasteiger charge is 2.02. The van der Waals surface area contributed by atoms with Crippen LogP contribution in [0.25, 0.3) is 0 Å². The lowest BCUT2D eigenvalue weighted by Gasteiger charge is -2.06. The van der Waals surface area contributed by atoms with Crippen LogP contribution in [0, 0.1) is 6.92 Å². The lowest BCUT2D eigenvalue weighted by atomic mass is 10.1. The standard InChI is InChI=1S/C22H20N2O2/c1-17-7-11-20(12-8-17)22(25)24-23-15-18-9-13-21(14-10-18)26-16-19-5-3-2-4-6-19/h2-15H,16H2,1H3,(H,24,25)/b23-15+. The first-order valence-electron chi connectivity index (χ1n) is 8.37. The Morgan fingerprint density at radius 3 is 2.35 bits per heavy atom. The van der Waals surface area contributed by atoms with Crippen LogP contribution in [-0.4, -0.2) is 12.1 Å². The first-order valence-corrected chi connectivity index (χ1v) is 8.37. The summed E-state index contributed by atoms with van der Waals surface area (Å²) < 4.78 is 5.74.